The summed E-state index contributed by atoms with van der Waals surface area (Å²) >= 11 is 0. The van der Waals surface area contributed by atoms with Crippen LogP contribution in [0.3, 0.4) is 0 Å². The van der Waals surface area contributed by atoms with Crippen molar-refractivity contribution < 1.29 is 17.6 Å². The number of nitrogens with zero attached hydrogens (tertiary/aromatic N) is 3. The van der Waals surface area contributed by atoms with Crippen molar-refractivity contribution in [1.82, 2.24) is 19.8 Å². The van der Waals surface area contributed by atoms with Crippen molar-refractivity contribution in [2.75, 3.05) is 6.54 Å². The Kier molecular flexibility index (Phi) is 7.76. The van der Waals surface area contributed by atoms with Gasteiger partial charge in [0.2, 0.25) is 15.0 Å². The van der Waals surface area contributed by atoms with Crippen molar-refractivity contribution in [2.24, 2.45) is 0 Å². The standard InChI is InChI=1S/C25H31FN4O3S/c1-5-29(23(31)28-25(2,3)4)17-21-15-27-24(30(21)16-19-11-7-6-8-12-19)34(32,33)18-20-13-9-10-14-22(20)26/h6-15H,5,16-18H2,1-4H3,(H,28,31). The largest absolute Gasteiger partial charge is 0.333 e. The summed E-state index contributed by atoms with van der Waals surface area (Å²) in [5.74, 6) is -1.09. The van der Waals surface area contributed by atoms with Crippen LogP contribution in [0.15, 0.2) is 66.0 Å². The lowest BCUT2D eigenvalue weighted by molar-refractivity contribution is 0.187. The summed E-state index contributed by atoms with van der Waals surface area (Å²) in [6.07, 6.45) is 1.48. The van der Waals surface area contributed by atoms with Crippen molar-refractivity contribution in [3.05, 3.63) is 83.4 Å². The maximum absolute atomic E-state index is 14.2. The first-order chi connectivity index (χ1) is 16.0. The fraction of sp³-hybridized carbons (Fsp3) is 0.360. The summed E-state index contributed by atoms with van der Waals surface area (Å²) in [4.78, 5) is 18.6. The highest BCUT2D eigenvalue weighted by atomic mass is 32.2. The monoisotopic (exact) mass is 486 g/mol. The molecular weight excluding hydrogens is 455 g/mol. The fourth-order valence-corrected chi connectivity index (χ4v) is 5.01. The minimum atomic E-state index is -3.96. The van der Waals surface area contributed by atoms with Gasteiger partial charge in [-0.25, -0.2) is 22.6 Å². The van der Waals surface area contributed by atoms with Gasteiger partial charge in [0.15, 0.2) is 0 Å². The lowest BCUT2D eigenvalue weighted by Crippen LogP contribution is -2.48. The van der Waals surface area contributed by atoms with Crippen LogP contribution in [0.2, 0.25) is 0 Å². The van der Waals surface area contributed by atoms with E-state index in [2.05, 4.69) is 10.3 Å². The number of benzene rings is 2. The van der Waals surface area contributed by atoms with E-state index < -0.39 is 26.9 Å². The molecule has 1 heterocycles. The van der Waals surface area contributed by atoms with E-state index in [0.29, 0.717) is 12.2 Å². The van der Waals surface area contributed by atoms with E-state index in [9.17, 15) is 17.6 Å². The van der Waals surface area contributed by atoms with Crippen LogP contribution >= 0.6 is 0 Å². The molecule has 9 heteroatoms. The molecular formula is C25H31FN4O3S. The Morgan fingerprint density at radius 1 is 1.09 bits per heavy atom. The molecule has 2 amide bonds. The Hall–Kier alpha value is -3.20. The molecule has 0 saturated carbocycles. The average molecular weight is 487 g/mol. The van der Waals surface area contributed by atoms with Crippen LogP contribution in [0, 0.1) is 5.82 Å². The maximum Gasteiger partial charge on any atom is 0.318 e. The molecule has 0 unspecified atom stereocenters. The fourth-order valence-electron chi connectivity index (χ4n) is 3.51. The molecule has 34 heavy (non-hydrogen) atoms. The summed E-state index contributed by atoms with van der Waals surface area (Å²) in [5, 5.41) is 2.78. The molecule has 0 radical (unpaired) electrons. The second-order valence-electron chi connectivity index (χ2n) is 9.15. The van der Waals surface area contributed by atoms with Crippen LogP contribution in [0.4, 0.5) is 9.18 Å². The lowest BCUT2D eigenvalue weighted by atomic mass is 10.1. The van der Waals surface area contributed by atoms with Crippen molar-refractivity contribution in [2.45, 2.75) is 57.2 Å². The predicted molar refractivity (Wildman–Crippen MR) is 129 cm³/mol. The van der Waals surface area contributed by atoms with Crippen LogP contribution in [-0.2, 0) is 28.7 Å². The minimum absolute atomic E-state index is 0.0815. The second-order valence-corrected chi connectivity index (χ2v) is 11.0. The topological polar surface area (TPSA) is 84.3 Å². The number of hydrogen-bond donors (Lipinski definition) is 1. The molecule has 0 aliphatic heterocycles. The summed E-state index contributed by atoms with van der Waals surface area (Å²) in [7, 11) is -3.96. The number of hydrogen-bond acceptors (Lipinski definition) is 4. The van der Waals surface area contributed by atoms with Gasteiger partial charge in [-0.3, -0.25) is 0 Å². The minimum Gasteiger partial charge on any atom is -0.333 e. The molecule has 3 rings (SSSR count). The van der Waals surface area contributed by atoms with E-state index in [-0.39, 0.29) is 29.8 Å². The summed E-state index contributed by atoms with van der Waals surface area (Å²) < 4.78 is 42.4. The smallest absolute Gasteiger partial charge is 0.318 e. The number of carbonyl (C=O) groups excluding carboxylic acids is 1. The third kappa shape index (κ3) is 6.44. The van der Waals surface area contributed by atoms with Crippen LogP contribution in [0.1, 0.15) is 44.5 Å². The van der Waals surface area contributed by atoms with Crippen LogP contribution < -0.4 is 5.32 Å². The first kappa shape index (κ1) is 25.4. The number of urea groups is 1. The molecule has 0 aliphatic rings. The molecule has 0 atom stereocenters. The Bertz CT molecular complexity index is 1230. The Labute approximate surface area is 200 Å². The summed E-state index contributed by atoms with van der Waals surface area (Å²) in [5.41, 5.74) is 1.12. The molecule has 0 fully saturated rings. The van der Waals surface area contributed by atoms with Gasteiger partial charge in [-0.2, -0.15) is 0 Å². The second kappa shape index (κ2) is 10.4. The number of amides is 2. The number of carbonyl (C=O) groups is 1. The SMILES string of the molecule is CCN(Cc1cnc(S(=O)(=O)Cc2ccccc2F)n1Cc1ccccc1)C(=O)NC(C)(C)C. The molecule has 182 valence electrons. The predicted octanol–water partition coefficient (Wildman–Crippen LogP) is 4.37. The number of halogens is 1. The van der Waals surface area contributed by atoms with E-state index in [0.717, 1.165) is 5.56 Å². The van der Waals surface area contributed by atoms with Gasteiger partial charge in [-0.05, 0) is 39.3 Å². The first-order valence-electron chi connectivity index (χ1n) is 11.1. The van der Waals surface area contributed by atoms with Crippen molar-refractivity contribution in [1.29, 1.82) is 0 Å². The number of sulfone groups is 1. The highest BCUT2D eigenvalue weighted by Gasteiger charge is 2.27. The third-order valence-electron chi connectivity index (χ3n) is 5.17. The van der Waals surface area contributed by atoms with Crippen molar-refractivity contribution in [3.63, 3.8) is 0 Å². The van der Waals surface area contributed by atoms with E-state index in [1.807, 2.05) is 58.0 Å². The average Bonchev–Trinajstić information content (AvgIpc) is 3.16. The zero-order chi connectivity index (χ0) is 24.9. The first-order valence-corrected chi connectivity index (χ1v) is 12.8. The lowest BCUT2D eigenvalue weighted by Gasteiger charge is -2.28. The van der Waals surface area contributed by atoms with Crippen molar-refractivity contribution in [3.8, 4) is 0 Å². The van der Waals surface area contributed by atoms with Gasteiger partial charge in [0.05, 0.1) is 30.7 Å². The summed E-state index contributed by atoms with van der Waals surface area (Å²) in [6, 6.07) is 14.9. The van der Waals surface area contributed by atoms with Gasteiger partial charge in [0.1, 0.15) is 5.82 Å². The molecule has 0 saturated heterocycles. The quantitative estimate of drug-likeness (QED) is 0.512. The van der Waals surface area contributed by atoms with Gasteiger partial charge in [-0.15, -0.1) is 0 Å². The zero-order valence-corrected chi connectivity index (χ0v) is 20.8. The molecule has 2 aromatic carbocycles. The Balaban J connectivity index is 1.99. The molecule has 3 aromatic rings. The van der Waals surface area contributed by atoms with Crippen molar-refractivity contribution >= 4 is 15.9 Å². The Morgan fingerprint density at radius 2 is 1.74 bits per heavy atom. The van der Waals surface area contributed by atoms with Crippen LogP contribution in [0.5, 0.6) is 0 Å². The van der Waals surface area contributed by atoms with Gasteiger partial charge in [0, 0.05) is 17.6 Å². The van der Waals surface area contributed by atoms with E-state index in [1.54, 1.807) is 15.5 Å². The third-order valence-corrected chi connectivity index (χ3v) is 6.74. The highest BCUT2D eigenvalue weighted by Crippen LogP contribution is 2.21. The molecule has 0 spiro atoms. The highest BCUT2D eigenvalue weighted by molar-refractivity contribution is 7.90. The van der Waals surface area contributed by atoms with Crippen LogP contribution in [-0.4, -0.2) is 41.0 Å². The normalized spacial score (nSPS) is 11.9. The van der Waals surface area contributed by atoms with Gasteiger partial charge in [0.25, 0.3) is 0 Å². The van der Waals surface area contributed by atoms with E-state index in [1.165, 1.54) is 24.4 Å². The number of imidazole rings is 1. The van der Waals surface area contributed by atoms with E-state index >= 15 is 0 Å². The molecule has 7 nitrogen and oxygen atoms in total. The molecule has 0 aliphatic carbocycles. The number of aromatic nitrogens is 2. The van der Waals surface area contributed by atoms with Gasteiger partial charge >= 0.3 is 6.03 Å². The van der Waals surface area contributed by atoms with Crippen LogP contribution in [0.25, 0.3) is 0 Å². The maximum atomic E-state index is 14.2. The molecule has 0 bridgehead atoms. The Morgan fingerprint density at radius 3 is 2.35 bits per heavy atom. The summed E-state index contributed by atoms with van der Waals surface area (Å²) in [6.45, 7) is 8.39. The van der Waals surface area contributed by atoms with Gasteiger partial charge in [-0.1, -0.05) is 48.5 Å². The number of rotatable bonds is 8. The molecule has 1 N–H and O–H groups in total. The zero-order valence-electron chi connectivity index (χ0n) is 20.0. The molecule has 1 aromatic heterocycles. The van der Waals surface area contributed by atoms with E-state index in [4.69, 9.17) is 0 Å². The van der Waals surface area contributed by atoms with Gasteiger partial charge < -0.3 is 14.8 Å². The number of nitrogens with one attached hydrogen (secondary N) is 1.